The predicted molar refractivity (Wildman–Crippen MR) is 79.3 cm³/mol. The van der Waals surface area contributed by atoms with Gasteiger partial charge in [-0.05, 0) is 36.4 Å². The molecule has 8 nitrogen and oxygen atoms in total. The number of nitriles is 1. The number of rotatable bonds is 4. The van der Waals surface area contributed by atoms with Gasteiger partial charge in [0, 0.05) is 0 Å². The maximum absolute atomic E-state index is 12.1. The van der Waals surface area contributed by atoms with Crippen molar-refractivity contribution in [1.82, 2.24) is 0 Å². The summed E-state index contributed by atoms with van der Waals surface area (Å²) in [5.41, 5.74) is -0.815. The second kappa shape index (κ2) is 6.49. The van der Waals surface area contributed by atoms with Crippen molar-refractivity contribution in [2.45, 2.75) is 4.90 Å². The summed E-state index contributed by atoms with van der Waals surface area (Å²) in [5.74, 6) is -2.60. The molecule has 24 heavy (non-hydrogen) atoms. The average molecular weight is 347 g/mol. The third-order valence-corrected chi connectivity index (χ3v) is 3.76. The van der Waals surface area contributed by atoms with Gasteiger partial charge in [0.15, 0.2) is 0 Å². The van der Waals surface area contributed by atoms with Crippen LogP contribution >= 0.6 is 0 Å². The number of ether oxygens (including phenoxy) is 1. The number of carboxylic acid groups (broad SMARTS) is 1. The summed E-state index contributed by atoms with van der Waals surface area (Å²) in [6.45, 7) is 0. The lowest BCUT2D eigenvalue weighted by molar-refractivity contribution is 0.0667. The van der Waals surface area contributed by atoms with E-state index < -0.39 is 38.1 Å². The molecule has 2 N–H and O–H groups in total. The van der Waals surface area contributed by atoms with Gasteiger partial charge in [0.25, 0.3) is 10.1 Å². The summed E-state index contributed by atoms with van der Waals surface area (Å²) in [5, 5.41) is 17.9. The third-order valence-electron chi connectivity index (χ3n) is 2.91. The molecule has 0 aliphatic heterocycles. The van der Waals surface area contributed by atoms with Crippen LogP contribution in [0, 0.1) is 11.3 Å². The zero-order valence-electron chi connectivity index (χ0n) is 11.8. The minimum atomic E-state index is -4.62. The molecular formula is C15H9NO7S. The van der Waals surface area contributed by atoms with Crippen LogP contribution in [0.2, 0.25) is 0 Å². The Morgan fingerprint density at radius 2 is 1.79 bits per heavy atom. The van der Waals surface area contributed by atoms with Crippen molar-refractivity contribution < 1.29 is 32.4 Å². The summed E-state index contributed by atoms with van der Waals surface area (Å²) < 4.78 is 36.1. The molecule has 122 valence electrons. The molecule has 0 aliphatic carbocycles. The minimum absolute atomic E-state index is 0.0224. The highest BCUT2D eigenvalue weighted by Gasteiger charge is 2.22. The van der Waals surface area contributed by atoms with E-state index >= 15 is 0 Å². The molecule has 0 heterocycles. The fourth-order valence-electron chi connectivity index (χ4n) is 1.83. The molecule has 0 saturated carbocycles. The number of carbonyl (C=O) groups excluding carboxylic acids is 1. The van der Waals surface area contributed by atoms with Crippen LogP contribution in [-0.2, 0) is 10.1 Å². The molecule has 0 unspecified atom stereocenters. The van der Waals surface area contributed by atoms with Crippen LogP contribution in [0.25, 0.3) is 0 Å². The SMILES string of the molecule is N#Cc1cccc(OC(=O)c2ccc(S(=O)(=O)O)cc2C(=O)O)c1. The van der Waals surface area contributed by atoms with E-state index in [2.05, 4.69) is 0 Å². The first-order valence-electron chi connectivity index (χ1n) is 6.29. The predicted octanol–water partition coefficient (Wildman–Crippen LogP) is 1.72. The molecule has 0 fully saturated rings. The number of aromatic carboxylic acids is 1. The normalized spacial score (nSPS) is 10.7. The average Bonchev–Trinajstić information content (AvgIpc) is 2.53. The van der Waals surface area contributed by atoms with Gasteiger partial charge in [0.1, 0.15) is 5.75 Å². The van der Waals surface area contributed by atoms with Gasteiger partial charge in [-0.1, -0.05) is 6.07 Å². The summed E-state index contributed by atoms with van der Waals surface area (Å²) in [4.78, 5) is 22.7. The highest BCUT2D eigenvalue weighted by atomic mass is 32.2. The van der Waals surface area contributed by atoms with Gasteiger partial charge in [-0.3, -0.25) is 4.55 Å². The third kappa shape index (κ3) is 3.75. The molecule has 0 atom stereocenters. The van der Waals surface area contributed by atoms with Crippen molar-refractivity contribution in [3.63, 3.8) is 0 Å². The highest BCUT2D eigenvalue weighted by Crippen LogP contribution is 2.20. The van der Waals surface area contributed by atoms with Gasteiger partial charge in [-0.15, -0.1) is 0 Å². The Morgan fingerprint density at radius 3 is 2.38 bits per heavy atom. The zero-order valence-corrected chi connectivity index (χ0v) is 12.6. The molecule has 0 amide bonds. The number of carboxylic acids is 1. The van der Waals surface area contributed by atoms with E-state index in [0.717, 1.165) is 12.1 Å². The molecule has 0 spiro atoms. The Bertz CT molecular complexity index is 974. The number of nitrogens with zero attached hydrogens (tertiary/aromatic N) is 1. The molecule has 2 aromatic rings. The van der Waals surface area contributed by atoms with Gasteiger partial charge in [-0.25, -0.2) is 9.59 Å². The van der Waals surface area contributed by atoms with Crippen LogP contribution in [0.4, 0.5) is 0 Å². The number of hydrogen-bond donors (Lipinski definition) is 2. The van der Waals surface area contributed by atoms with E-state index in [1.807, 2.05) is 6.07 Å². The lowest BCUT2D eigenvalue weighted by Crippen LogP contribution is -2.15. The van der Waals surface area contributed by atoms with Gasteiger partial charge < -0.3 is 9.84 Å². The lowest BCUT2D eigenvalue weighted by Gasteiger charge is -2.08. The molecule has 0 saturated heterocycles. The zero-order chi connectivity index (χ0) is 17.9. The highest BCUT2D eigenvalue weighted by molar-refractivity contribution is 7.85. The van der Waals surface area contributed by atoms with Crippen molar-refractivity contribution in [3.05, 3.63) is 59.2 Å². The molecule has 0 radical (unpaired) electrons. The molecule has 2 rings (SSSR count). The first-order chi connectivity index (χ1) is 11.2. The molecule has 0 aromatic heterocycles. The van der Waals surface area contributed by atoms with Gasteiger partial charge in [0.05, 0.1) is 27.7 Å². The van der Waals surface area contributed by atoms with Crippen LogP contribution in [0.3, 0.4) is 0 Å². The standard InChI is InChI=1S/C15H9NO7S/c16-8-9-2-1-3-10(6-9)23-15(19)12-5-4-11(24(20,21)22)7-13(12)14(17)18/h1-7H,(H,17,18)(H,20,21,22). The van der Waals surface area contributed by atoms with E-state index in [0.29, 0.717) is 6.07 Å². The van der Waals surface area contributed by atoms with Crippen molar-refractivity contribution in [2.24, 2.45) is 0 Å². The first kappa shape index (κ1) is 17.1. The van der Waals surface area contributed by atoms with Crippen molar-refractivity contribution >= 4 is 22.1 Å². The smallest absolute Gasteiger partial charge is 0.344 e. The van der Waals surface area contributed by atoms with Crippen LogP contribution in [0.5, 0.6) is 5.75 Å². The Hall–Kier alpha value is -3.22. The number of benzene rings is 2. The fourth-order valence-corrected chi connectivity index (χ4v) is 2.34. The maximum atomic E-state index is 12.1. The van der Waals surface area contributed by atoms with Crippen LogP contribution in [-0.4, -0.2) is 30.0 Å². The van der Waals surface area contributed by atoms with Gasteiger partial charge in [-0.2, -0.15) is 13.7 Å². The fraction of sp³-hybridized carbons (Fsp3) is 0. The number of hydrogen-bond acceptors (Lipinski definition) is 6. The van der Waals surface area contributed by atoms with Gasteiger partial charge in [0.2, 0.25) is 0 Å². The first-order valence-corrected chi connectivity index (χ1v) is 7.73. The van der Waals surface area contributed by atoms with E-state index in [4.69, 9.17) is 19.7 Å². The van der Waals surface area contributed by atoms with E-state index in [9.17, 15) is 18.0 Å². The number of carbonyl (C=O) groups is 2. The second-order valence-electron chi connectivity index (χ2n) is 4.52. The van der Waals surface area contributed by atoms with E-state index in [1.165, 1.54) is 24.3 Å². The van der Waals surface area contributed by atoms with Crippen LogP contribution < -0.4 is 4.74 Å². The van der Waals surface area contributed by atoms with Crippen molar-refractivity contribution in [2.75, 3.05) is 0 Å². The minimum Gasteiger partial charge on any atom is -0.478 e. The lowest BCUT2D eigenvalue weighted by atomic mass is 10.1. The number of esters is 1. The monoisotopic (exact) mass is 347 g/mol. The summed E-state index contributed by atoms with van der Waals surface area (Å²) in [6.07, 6.45) is 0. The topological polar surface area (TPSA) is 142 Å². The molecular weight excluding hydrogens is 338 g/mol. The Morgan fingerprint density at radius 1 is 1.08 bits per heavy atom. The summed E-state index contributed by atoms with van der Waals surface area (Å²) in [7, 11) is -4.62. The Balaban J connectivity index is 2.42. The quantitative estimate of drug-likeness (QED) is 0.483. The Labute approximate surface area is 136 Å². The molecule has 0 bridgehead atoms. The van der Waals surface area contributed by atoms with E-state index in [-0.39, 0.29) is 11.3 Å². The summed E-state index contributed by atoms with van der Waals surface area (Å²) in [6, 6.07) is 9.94. The molecule has 0 aliphatic rings. The Kier molecular flexibility index (Phi) is 4.64. The largest absolute Gasteiger partial charge is 0.478 e. The van der Waals surface area contributed by atoms with Crippen molar-refractivity contribution in [1.29, 1.82) is 5.26 Å². The van der Waals surface area contributed by atoms with E-state index in [1.54, 1.807) is 0 Å². The molecule has 9 heteroatoms. The van der Waals surface area contributed by atoms with Crippen molar-refractivity contribution in [3.8, 4) is 11.8 Å². The molecule has 2 aromatic carbocycles. The van der Waals surface area contributed by atoms with Crippen LogP contribution in [0.1, 0.15) is 26.3 Å². The summed E-state index contributed by atoms with van der Waals surface area (Å²) >= 11 is 0. The van der Waals surface area contributed by atoms with Gasteiger partial charge >= 0.3 is 11.9 Å². The second-order valence-corrected chi connectivity index (χ2v) is 5.94. The van der Waals surface area contributed by atoms with Crippen LogP contribution in [0.15, 0.2) is 47.4 Å². The maximum Gasteiger partial charge on any atom is 0.344 e.